The van der Waals surface area contributed by atoms with E-state index in [4.69, 9.17) is 6.58 Å². The van der Waals surface area contributed by atoms with Crippen LogP contribution in [0.2, 0.25) is 0 Å². The molecule has 0 unspecified atom stereocenters. The Kier molecular flexibility index (Phi) is 9.68. The predicted molar refractivity (Wildman–Crippen MR) is 140 cm³/mol. The molecule has 31 heavy (non-hydrogen) atoms. The average molecular weight is 471 g/mol. The van der Waals surface area contributed by atoms with Crippen molar-refractivity contribution in [2.75, 3.05) is 0 Å². The summed E-state index contributed by atoms with van der Waals surface area (Å²) < 4.78 is 5.95. The Bertz CT molecular complexity index is 787. The van der Waals surface area contributed by atoms with Crippen LogP contribution in [-0.2, 0) is 0 Å². The Morgan fingerprint density at radius 2 is 0.903 bits per heavy atom. The number of allylic oxidation sites excluding steroid dienone is 1. The molecule has 0 saturated heterocycles. The molecule has 0 aromatic heterocycles. The fraction of sp³-hybridized carbons (Fsp3) is 0.333. The molecule has 0 aliphatic heterocycles. The average Bonchev–Trinajstić information content (AvgIpc) is 2.83. The van der Waals surface area contributed by atoms with Crippen molar-refractivity contribution in [1.82, 2.24) is 0 Å². The molecule has 3 aromatic rings. The first-order chi connectivity index (χ1) is 15.3. The van der Waals surface area contributed by atoms with Crippen molar-refractivity contribution in [3.05, 3.63) is 102 Å². The van der Waals surface area contributed by atoms with Gasteiger partial charge in [-0.2, -0.15) is 0 Å². The Labute approximate surface area is 192 Å². The van der Waals surface area contributed by atoms with Crippen LogP contribution in [0.15, 0.2) is 102 Å². The van der Waals surface area contributed by atoms with Crippen LogP contribution in [0.5, 0.6) is 0 Å². The molecule has 0 heterocycles. The van der Waals surface area contributed by atoms with Crippen LogP contribution in [0, 0.1) is 0 Å². The quantitative estimate of drug-likeness (QED) is 0.190. The van der Waals surface area contributed by atoms with Gasteiger partial charge in [0, 0.05) is 0 Å². The first-order valence-corrected chi connectivity index (χ1v) is 16.3. The van der Waals surface area contributed by atoms with Gasteiger partial charge in [-0.15, -0.1) is 0 Å². The van der Waals surface area contributed by atoms with Crippen LogP contribution in [0.3, 0.4) is 0 Å². The standard InChI is InChI=1S/C30H38Ge/c1-3-4-5-6-7-8-9-13-20-27(2)31(28-21-14-10-15-22-28,29-23-16-11-17-24-29)30-25-18-12-19-26-30/h10-12,14-19,21-26H,2-9,13,20H2,1H3. The molecule has 0 N–H and O–H groups in total. The summed E-state index contributed by atoms with van der Waals surface area (Å²) in [5.74, 6) is 0. The SMILES string of the molecule is C=[C](CCCCCCCCCC)[Ge]([c]1ccccc1)([c]1ccccc1)[c]1ccccc1. The molecule has 162 valence electrons. The zero-order valence-corrected chi connectivity index (χ0v) is 21.3. The minimum atomic E-state index is -3.01. The molecule has 0 fully saturated rings. The van der Waals surface area contributed by atoms with Gasteiger partial charge in [0.05, 0.1) is 0 Å². The maximum atomic E-state index is 4.80. The van der Waals surface area contributed by atoms with E-state index in [0.29, 0.717) is 0 Å². The van der Waals surface area contributed by atoms with Gasteiger partial charge in [-0.3, -0.25) is 0 Å². The molecular weight excluding hydrogens is 433 g/mol. The number of benzene rings is 3. The second-order valence-corrected chi connectivity index (χ2v) is 16.9. The van der Waals surface area contributed by atoms with Crippen LogP contribution in [0.1, 0.15) is 64.7 Å². The molecule has 0 radical (unpaired) electrons. The summed E-state index contributed by atoms with van der Waals surface area (Å²) in [6.45, 7) is 7.09. The maximum absolute atomic E-state index is 4.80. The summed E-state index contributed by atoms with van der Waals surface area (Å²) in [6, 6.07) is 33.7. The molecule has 0 amide bonds. The summed E-state index contributed by atoms with van der Waals surface area (Å²) >= 11 is -3.01. The topological polar surface area (TPSA) is 0 Å². The second-order valence-electron chi connectivity index (χ2n) is 8.68. The first-order valence-electron chi connectivity index (χ1n) is 12.1. The number of unbranched alkanes of at least 4 members (excludes halogenated alkanes) is 7. The van der Waals surface area contributed by atoms with Gasteiger partial charge >= 0.3 is 193 Å². The monoisotopic (exact) mass is 472 g/mol. The molecule has 0 bridgehead atoms. The van der Waals surface area contributed by atoms with E-state index < -0.39 is 13.3 Å². The van der Waals surface area contributed by atoms with Gasteiger partial charge in [0.25, 0.3) is 0 Å². The first kappa shape index (κ1) is 23.6. The van der Waals surface area contributed by atoms with E-state index in [-0.39, 0.29) is 0 Å². The molecule has 3 aromatic carbocycles. The van der Waals surface area contributed by atoms with Crippen LogP contribution in [0.4, 0.5) is 0 Å². The summed E-state index contributed by atoms with van der Waals surface area (Å²) in [4.78, 5) is 0. The van der Waals surface area contributed by atoms with Crippen molar-refractivity contribution >= 4 is 26.5 Å². The van der Waals surface area contributed by atoms with Gasteiger partial charge < -0.3 is 0 Å². The van der Waals surface area contributed by atoms with E-state index in [1.165, 1.54) is 69.0 Å². The molecule has 1 heteroatoms. The van der Waals surface area contributed by atoms with Crippen LogP contribution >= 0.6 is 0 Å². The van der Waals surface area contributed by atoms with Crippen molar-refractivity contribution in [3.8, 4) is 0 Å². The molecule has 0 atom stereocenters. The van der Waals surface area contributed by atoms with Crippen LogP contribution < -0.4 is 13.2 Å². The van der Waals surface area contributed by atoms with Crippen molar-refractivity contribution in [1.29, 1.82) is 0 Å². The fourth-order valence-electron chi connectivity index (χ4n) is 4.84. The Hall–Kier alpha value is -2.06. The molecule has 0 aliphatic rings. The van der Waals surface area contributed by atoms with E-state index in [1.807, 2.05) is 0 Å². The molecule has 0 aliphatic carbocycles. The zero-order valence-electron chi connectivity index (χ0n) is 19.2. The predicted octanol–water partition coefficient (Wildman–Crippen LogP) is 6.78. The van der Waals surface area contributed by atoms with Gasteiger partial charge in [0.2, 0.25) is 0 Å². The summed E-state index contributed by atoms with van der Waals surface area (Å²) in [7, 11) is 0. The molecule has 0 spiro atoms. The molecule has 3 rings (SSSR count). The van der Waals surface area contributed by atoms with Gasteiger partial charge in [-0.05, 0) is 0 Å². The van der Waals surface area contributed by atoms with Crippen molar-refractivity contribution in [3.63, 3.8) is 0 Å². The fourth-order valence-corrected chi connectivity index (χ4v) is 15.0. The second kappa shape index (κ2) is 12.7. The minimum absolute atomic E-state index is 1.13. The summed E-state index contributed by atoms with van der Waals surface area (Å²) in [6.07, 6.45) is 12.0. The van der Waals surface area contributed by atoms with E-state index in [2.05, 4.69) is 97.9 Å². The number of rotatable bonds is 13. The third-order valence-electron chi connectivity index (χ3n) is 6.48. The molecule has 0 saturated carbocycles. The Morgan fingerprint density at radius 3 is 1.29 bits per heavy atom. The van der Waals surface area contributed by atoms with Crippen LogP contribution in [-0.4, -0.2) is 13.3 Å². The van der Waals surface area contributed by atoms with Crippen molar-refractivity contribution < 1.29 is 0 Å². The van der Waals surface area contributed by atoms with Gasteiger partial charge in [-0.25, -0.2) is 0 Å². The van der Waals surface area contributed by atoms with Gasteiger partial charge in [-0.1, -0.05) is 0 Å². The third-order valence-corrected chi connectivity index (χ3v) is 16.8. The van der Waals surface area contributed by atoms with Gasteiger partial charge in [0.15, 0.2) is 0 Å². The van der Waals surface area contributed by atoms with Crippen LogP contribution in [0.25, 0.3) is 0 Å². The Morgan fingerprint density at radius 1 is 0.548 bits per heavy atom. The number of hydrogen-bond acceptors (Lipinski definition) is 0. The van der Waals surface area contributed by atoms with E-state index in [9.17, 15) is 0 Å². The Balaban J connectivity index is 1.85. The third kappa shape index (κ3) is 6.01. The van der Waals surface area contributed by atoms with E-state index in [1.54, 1.807) is 0 Å². The summed E-state index contributed by atoms with van der Waals surface area (Å²) in [5, 5.41) is 0. The van der Waals surface area contributed by atoms with Gasteiger partial charge in [0.1, 0.15) is 0 Å². The normalized spacial score (nSPS) is 11.4. The van der Waals surface area contributed by atoms with E-state index >= 15 is 0 Å². The molecule has 0 nitrogen and oxygen atoms in total. The summed E-state index contributed by atoms with van der Waals surface area (Å²) in [5.41, 5.74) is 0. The van der Waals surface area contributed by atoms with Crippen molar-refractivity contribution in [2.24, 2.45) is 0 Å². The van der Waals surface area contributed by atoms with E-state index in [0.717, 1.165) is 6.42 Å². The van der Waals surface area contributed by atoms with Crippen molar-refractivity contribution in [2.45, 2.75) is 64.7 Å². The number of hydrogen-bond donors (Lipinski definition) is 0. The molecular formula is C30H38Ge. The zero-order chi connectivity index (χ0) is 21.8.